The zero-order valence-electron chi connectivity index (χ0n) is 16.7. The van der Waals surface area contributed by atoms with E-state index in [0.717, 1.165) is 12.1 Å². The van der Waals surface area contributed by atoms with Gasteiger partial charge in [-0.15, -0.1) is 0 Å². The third kappa shape index (κ3) is 5.03. The molecule has 4 heteroatoms. The molecule has 0 radical (unpaired) electrons. The van der Waals surface area contributed by atoms with Crippen LogP contribution in [0.25, 0.3) is 0 Å². The Morgan fingerprint density at radius 2 is 1.57 bits per heavy atom. The third-order valence-electron chi connectivity index (χ3n) is 5.11. The van der Waals surface area contributed by atoms with E-state index in [9.17, 15) is 4.79 Å². The molecule has 2 aromatic carbocycles. The Labute approximate surface area is 167 Å². The van der Waals surface area contributed by atoms with Crippen molar-refractivity contribution >= 4 is 6.03 Å². The van der Waals surface area contributed by atoms with Crippen LogP contribution in [0.5, 0.6) is 0 Å². The lowest BCUT2D eigenvalue weighted by molar-refractivity contribution is 0.193. The molecule has 1 heterocycles. The monoisotopic (exact) mass is 375 g/mol. The van der Waals surface area contributed by atoms with Gasteiger partial charge in [0.15, 0.2) is 0 Å². The second-order valence-corrected chi connectivity index (χ2v) is 7.03. The van der Waals surface area contributed by atoms with Crippen molar-refractivity contribution in [1.82, 2.24) is 14.8 Å². The summed E-state index contributed by atoms with van der Waals surface area (Å²) in [6, 6.07) is 25.2. The van der Waals surface area contributed by atoms with Gasteiger partial charge in [-0.3, -0.25) is 0 Å². The molecule has 1 N–H and O–H groups in total. The van der Waals surface area contributed by atoms with Crippen molar-refractivity contribution in [3.8, 4) is 0 Å². The lowest BCUT2D eigenvalue weighted by Gasteiger charge is -2.26. The van der Waals surface area contributed by atoms with Crippen molar-refractivity contribution in [3.63, 3.8) is 0 Å². The minimum atomic E-state index is -0.0106. The van der Waals surface area contributed by atoms with Gasteiger partial charge in [-0.25, -0.2) is 4.79 Å². The molecule has 0 aliphatic heterocycles. The summed E-state index contributed by atoms with van der Waals surface area (Å²) in [7, 11) is 2.02. The van der Waals surface area contributed by atoms with Gasteiger partial charge >= 0.3 is 6.03 Å². The number of nitrogens with one attached hydrogen (secondary N) is 1. The van der Waals surface area contributed by atoms with Gasteiger partial charge in [0.2, 0.25) is 0 Å². The smallest absolute Gasteiger partial charge is 0.317 e. The third-order valence-corrected chi connectivity index (χ3v) is 5.11. The largest absolute Gasteiger partial charge is 0.353 e. The Morgan fingerprint density at radius 1 is 0.964 bits per heavy atom. The highest BCUT2D eigenvalue weighted by molar-refractivity contribution is 5.74. The molecule has 0 bridgehead atoms. The summed E-state index contributed by atoms with van der Waals surface area (Å²) in [4.78, 5) is 14.6. The van der Waals surface area contributed by atoms with E-state index < -0.39 is 0 Å². The molecule has 0 saturated heterocycles. The highest BCUT2D eigenvalue weighted by Gasteiger charge is 2.19. The lowest BCUT2D eigenvalue weighted by atomic mass is 9.88. The number of hydrogen-bond acceptors (Lipinski definition) is 1. The van der Waals surface area contributed by atoms with Gasteiger partial charge in [0.05, 0.1) is 6.54 Å². The van der Waals surface area contributed by atoms with Crippen LogP contribution in [0.4, 0.5) is 4.79 Å². The highest BCUT2D eigenvalue weighted by Crippen LogP contribution is 2.28. The minimum Gasteiger partial charge on any atom is -0.353 e. The fourth-order valence-electron chi connectivity index (χ4n) is 3.55. The fourth-order valence-corrected chi connectivity index (χ4v) is 3.55. The molecule has 0 atom stereocenters. The van der Waals surface area contributed by atoms with Gasteiger partial charge in [0, 0.05) is 37.9 Å². The number of carbonyl (C=O) groups excluding carboxylic acids is 1. The molecular formula is C24H29N3O. The molecule has 3 rings (SSSR count). The Balaban J connectivity index is 1.79. The van der Waals surface area contributed by atoms with Crippen molar-refractivity contribution in [2.24, 2.45) is 7.05 Å². The van der Waals surface area contributed by atoms with E-state index in [-0.39, 0.29) is 11.9 Å². The number of nitrogens with zero attached hydrogens (tertiary/aromatic N) is 2. The minimum absolute atomic E-state index is 0.0106. The van der Waals surface area contributed by atoms with E-state index in [1.54, 1.807) is 0 Å². The van der Waals surface area contributed by atoms with E-state index in [4.69, 9.17) is 0 Å². The molecule has 1 aromatic heterocycles. The molecule has 146 valence electrons. The van der Waals surface area contributed by atoms with E-state index in [1.165, 1.54) is 11.1 Å². The second-order valence-electron chi connectivity index (χ2n) is 7.03. The predicted molar refractivity (Wildman–Crippen MR) is 114 cm³/mol. The molecule has 0 saturated carbocycles. The normalized spacial score (nSPS) is 10.8. The van der Waals surface area contributed by atoms with Crippen LogP contribution < -0.4 is 5.32 Å². The van der Waals surface area contributed by atoms with Gasteiger partial charge in [-0.05, 0) is 36.6 Å². The quantitative estimate of drug-likeness (QED) is 0.604. The summed E-state index contributed by atoms with van der Waals surface area (Å²) in [6.07, 6.45) is 2.89. The van der Waals surface area contributed by atoms with Gasteiger partial charge < -0.3 is 14.8 Å². The second kappa shape index (κ2) is 9.79. The van der Waals surface area contributed by atoms with Crippen LogP contribution in [-0.2, 0) is 13.6 Å². The number of amides is 2. The van der Waals surface area contributed by atoms with Gasteiger partial charge in [-0.2, -0.15) is 0 Å². The standard InChI is InChI=1S/C24H29N3O/c1-3-25-24(28)27(19-22-15-10-17-26(22)2)18-16-23(20-11-6-4-7-12-20)21-13-8-5-9-14-21/h4-15,17,23H,3,16,18-19H2,1-2H3,(H,25,28). The Hall–Kier alpha value is -3.01. The number of urea groups is 1. The Bertz CT molecular complexity index is 818. The Morgan fingerprint density at radius 3 is 2.07 bits per heavy atom. The first-order chi connectivity index (χ1) is 13.7. The molecule has 0 unspecified atom stereocenters. The van der Waals surface area contributed by atoms with Crippen molar-refractivity contribution in [1.29, 1.82) is 0 Å². The maximum Gasteiger partial charge on any atom is 0.317 e. The average Bonchev–Trinajstić information content (AvgIpc) is 3.13. The lowest BCUT2D eigenvalue weighted by Crippen LogP contribution is -2.40. The topological polar surface area (TPSA) is 37.3 Å². The Kier molecular flexibility index (Phi) is 6.90. The van der Waals surface area contributed by atoms with Crippen molar-refractivity contribution < 1.29 is 4.79 Å². The number of carbonyl (C=O) groups is 1. The average molecular weight is 376 g/mol. The molecule has 28 heavy (non-hydrogen) atoms. The molecular weight excluding hydrogens is 346 g/mol. The van der Waals surface area contributed by atoms with Gasteiger partial charge in [0.25, 0.3) is 0 Å². The zero-order chi connectivity index (χ0) is 19.8. The number of aromatic nitrogens is 1. The predicted octanol–water partition coefficient (Wildman–Crippen LogP) is 4.78. The van der Waals surface area contributed by atoms with Crippen LogP contribution >= 0.6 is 0 Å². The van der Waals surface area contributed by atoms with E-state index >= 15 is 0 Å². The molecule has 0 aliphatic carbocycles. The molecule has 0 aliphatic rings. The summed E-state index contributed by atoms with van der Waals surface area (Å²) >= 11 is 0. The van der Waals surface area contributed by atoms with Crippen molar-refractivity contribution in [2.45, 2.75) is 25.8 Å². The van der Waals surface area contributed by atoms with Gasteiger partial charge in [0.1, 0.15) is 0 Å². The summed E-state index contributed by atoms with van der Waals surface area (Å²) < 4.78 is 2.07. The first-order valence-corrected chi connectivity index (χ1v) is 9.92. The first-order valence-electron chi connectivity index (χ1n) is 9.92. The van der Waals surface area contributed by atoms with Crippen molar-refractivity contribution in [3.05, 3.63) is 95.8 Å². The number of aryl methyl sites for hydroxylation is 1. The molecule has 0 spiro atoms. The molecule has 0 fully saturated rings. The van der Waals surface area contributed by atoms with E-state index in [1.807, 2.05) is 43.3 Å². The van der Waals surface area contributed by atoms with Crippen LogP contribution in [0, 0.1) is 0 Å². The molecule has 4 nitrogen and oxygen atoms in total. The number of rotatable bonds is 8. The molecule has 3 aromatic rings. The van der Waals surface area contributed by atoms with E-state index in [2.05, 4.69) is 64.5 Å². The SMILES string of the molecule is CCNC(=O)N(CCC(c1ccccc1)c1ccccc1)Cc1cccn1C. The van der Waals surface area contributed by atoms with Crippen molar-refractivity contribution in [2.75, 3.05) is 13.1 Å². The number of benzene rings is 2. The van der Waals surface area contributed by atoms with Crippen LogP contribution in [0.15, 0.2) is 79.0 Å². The maximum absolute atomic E-state index is 12.7. The summed E-state index contributed by atoms with van der Waals surface area (Å²) in [5.41, 5.74) is 3.69. The fraction of sp³-hybridized carbons (Fsp3) is 0.292. The summed E-state index contributed by atoms with van der Waals surface area (Å²) in [6.45, 7) is 3.87. The van der Waals surface area contributed by atoms with E-state index in [0.29, 0.717) is 19.6 Å². The summed E-state index contributed by atoms with van der Waals surface area (Å²) in [5, 5.41) is 2.96. The van der Waals surface area contributed by atoms with Crippen LogP contribution in [0.1, 0.15) is 36.1 Å². The van der Waals surface area contributed by atoms with Crippen LogP contribution in [0.2, 0.25) is 0 Å². The van der Waals surface area contributed by atoms with Gasteiger partial charge in [-0.1, -0.05) is 60.7 Å². The first kappa shape index (κ1) is 19.7. The van der Waals surface area contributed by atoms with Crippen LogP contribution in [0.3, 0.4) is 0 Å². The highest BCUT2D eigenvalue weighted by atomic mass is 16.2. The zero-order valence-corrected chi connectivity index (χ0v) is 16.7. The summed E-state index contributed by atoms with van der Waals surface area (Å²) in [5.74, 6) is 0.257. The molecule has 2 amide bonds. The van der Waals surface area contributed by atoms with Crippen LogP contribution in [-0.4, -0.2) is 28.6 Å². The maximum atomic E-state index is 12.7. The number of hydrogen-bond donors (Lipinski definition) is 1.